The standard InChI is InChI=1S/C39H71N9O10/c1-4-6-8-9-10-11-12-13-14-15-16-18-34(53)43-23-35(54)44-31(24-49)38(57)46-29(19-20-33(42)52)36(55)47-30(21-27(41)22-40)37(56)48-32(25-50)39(58)45-28(26(3)51)17-7-5-2/h22,28-32,49-50H,4-21,23-25,40-41H2,1-3H3,(H2,42,52)(H,43,53)(H,44,54)(H,45,58)(H,46,57)(H,47,55)(H,48,56)/p+1/b27-22-/t28-,29+,30-,31-,32-/m0/s1. The molecule has 0 aliphatic heterocycles. The summed E-state index contributed by atoms with van der Waals surface area (Å²) in [6, 6.07) is -6.95. The van der Waals surface area contributed by atoms with E-state index in [-0.39, 0.29) is 43.1 Å². The second-order valence-electron chi connectivity index (χ2n) is 14.5. The lowest BCUT2D eigenvalue weighted by Crippen LogP contribution is -2.60. The second-order valence-corrected chi connectivity index (χ2v) is 14.5. The number of amides is 7. The summed E-state index contributed by atoms with van der Waals surface area (Å²) in [6.07, 6.45) is 14.5. The highest BCUT2D eigenvalue weighted by molar-refractivity contribution is 5.97. The quantitative estimate of drug-likeness (QED) is 0.0339. The number of quaternary nitrogens is 1. The molecule has 0 unspecified atom stereocenters. The zero-order chi connectivity index (χ0) is 43.9. The van der Waals surface area contributed by atoms with Crippen molar-refractivity contribution in [1.82, 2.24) is 31.9 Å². The van der Waals surface area contributed by atoms with Gasteiger partial charge >= 0.3 is 0 Å². The average Bonchev–Trinajstić information content (AvgIpc) is 3.19. The normalized spacial score (nSPS) is 13.9. The summed E-state index contributed by atoms with van der Waals surface area (Å²) in [5.41, 5.74) is 14.8. The molecule has 58 heavy (non-hydrogen) atoms. The molecular formula is C39H72N9O10+. The van der Waals surface area contributed by atoms with Crippen molar-refractivity contribution in [2.75, 3.05) is 19.8 Å². The fraction of sp³-hybridized carbons (Fsp3) is 0.744. The summed E-state index contributed by atoms with van der Waals surface area (Å²) in [6.45, 7) is 3.20. The Morgan fingerprint density at radius 2 is 1.00 bits per heavy atom. The summed E-state index contributed by atoms with van der Waals surface area (Å²) < 4.78 is 0. The smallest absolute Gasteiger partial charge is 0.245 e. The van der Waals surface area contributed by atoms with Gasteiger partial charge in [0.15, 0.2) is 5.78 Å². The van der Waals surface area contributed by atoms with Crippen LogP contribution in [-0.4, -0.2) is 107 Å². The van der Waals surface area contributed by atoms with Crippen molar-refractivity contribution < 1.29 is 54.3 Å². The van der Waals surface area contributed by atoms with Crippen molar-refractivity contribution in [1.29, 1.82) is 0 Å². The molecule has 0 radical (unpaired) electrons. The van der Waals surface area contributed by atoms with Gasteiger partial charge in [0.2, 0.25) is 41.4 Å². The molecule has 0 aliphatic rings. The molecule has 0 aliphatic carbocycles. The van der Waals surface area contributed by atoms with E-state index in [0.717, 1.165) is 25.7 Å². The Hall–Kier alpha value is -4.62. The van der Waals surface area contributed by atoms with E-state index in [0.29, 0.717) is 19.3 Å². The molecule has 7 amide bonds. The number of hydrogen-bond acceptors (Lipinski definition) is 11. The molecule has 0 fully saturated rings. The third-order valence-corrected chi connectivity index (χ3v) is 9.40. The maximum Gasteiger partial charge on any atom is 0.245 e. The molecule has 0 aromatic carbocycles. The van der Waals surface area contributed by atoms with Crippen LogP contribution in [0.5, 0.6) is 0 Å². The Kier molecular flexibility index (Phi) is 29.8. The summed E-state index contributed by atoms with van der Waals surface area (Å²) in [5.74, 6) is -6.08. The number of unbranched alkanes of at least 4 members (excludes halogenated alkanes) is 11. The van der Waals surface area contributed by atoms with Gasteiger partial charge in [0, 0.05) is 19.3 Å². The van der Waals surface area contributed by atoms with Crippen molar-refractivity contribution in [2.45, 2.75) is 167 Å². The van der Waals surface area contributed by atoms with Crippen LogP contribution >= 0.6 is 0 Å². The van der Waals surface area contributed by atoms with Gasteiger partial charge in [-0.05, 0) is 26.2 Å². The largest absolute Gasteiger partial charge is 0.398 e. The highest BCUT2D eigenvalue weighted by atomic mass is 16.3. The van der Waals surface area contributed by atoms with Crippen LogP contribution in [0.25, 0.3) is 0 Å². The number of aliphatic hydroxyl groups is 2. The molecule has 0 spiro atoms. The maximum atomic E-state index is 13.5. The minimum absolute atomic E-state index is 0.0494. The zero-order valence-electron chi connectivity index (χ0n) is 34.8. The van der Waals surface area contributed by atoms with Crippen molar-refractivity contribution in [3.8, 4) is 0 Å². The van der Waals surface area contributed by atoms with Gasteiger partial charge in [0.25, 0.3) is 0 Å². The third kappa shape index (κ3) is 24.9. The van der Waals surface area contributed by atoms with E-state index in [2.05, 4.69) is 44.6 Å². The van der Waals surface area contributed by atoms with Crippen LogP contribution in [0, 0.1) is 0 Å². The average molecular weight is 827 g/mol. The molecular weight excluding hydrogens is 754 g/mol. The van der Waals surface area contributed by atoms with Crippen LogP contribution in [0.1, 0.15) is 136 Å². The monoisotopic (exact) mass is 827 g/mol. The van der Waals surface area contributed by atoms with Crippen LogP contribution < -0.4 is 49.1 Å². The van der Waals surface area contributed by atoms with Crippen LogP contribution in [0.4, 0.5) is 0 Å². The van der Waals surface area contributed by atoms with E-state index in [4.69, 9.17) is 11.5 Å². The van der Waals surface area contributed by atoms with Gasteiger partial charge in [0.1, 0.15) is 30.4 Å². The molecule has 0 heterocycles. The number of aliphatic hydroxyl groups excluding tert-OH is 2. The van der Waals surface area contributed by atoms with Crippen LogP contribution in [0.15, 0.2) is 11.9 Å². The summed E-state index contributed by atoms with van der Waals surface area (Å²) in [4.78, 5) is 102. The van der Waals surface area contributed by atoms with Crippen molar-refractivity contribution in [3.05, 3.63) is 11.9 Å². The first-order valence-corrected chi connectivity index (χ1v) is 20.6. The number of nitrogens with two attached hydrogens (primary N) is 2. The van der Waals surface area contributed by atoms with Crippen LogP contribution in [0.3, 0.4) is 0 Å². The molecule has 0 aromatic heterocycles. The molecule has 19 nitrogen and oxygen atoms in total. The fourth-order valence-electron chi connectivity index (χ4n) is 5.81. The minimum atomic E-state index is -1.57. The maximum absolute atomic E-state index is 13.5. The Balaban J connectivity index is 5.40. The first-order chi connectivity index (χ1) is 27.6. The van der Waals surface area contributed by atoms with Gasteiger partial charge in [-0.3, -0.25) is 38.4 Å². The predicted octanol–water partition coefficient (Wildman–Crippen LogP) is -1.31. The van der Waals surface area contributed by atoms with Gasteiger partial charge in [0.05, 0.1) is 31.5 Å². The van der Waals surface area contributed by atoms with E-state index >= 15 is 0 Å². The molecule has 19 heteroatoms. The van der Waals surface area contributed by atoms with E-state index < -0.39 is 85.4 Å². The summed E-state index contributed by atoms with van der Waals surface area (Å²) >= 11 is 0. The van der Waals surface area contributed by atoms with Gasteiger partial charge in [-0.2, -0.15) is 0 Å². The summed E-state index contributed by atoms with van der Waals surface area (Å²) in [7, 11) is 0. The molecule has 0 saturated heterocycles. The number of ketones is 1. The van der Waals surface area contributed by atoms with Gasteiger partial charge < -0.3 is 59.3 Å². The Morgan fingerprint density at radius 3 is 1.50 bits per heavy atom. The lowest BCUT2D eigenvalue weighted by molar-refractivity contribution is -0.276. The molecule has 0 aromatic rings. The highest BCUT2D eigenvalue weighted by Gasteiger charge is 2.32. The van der Waals surface area contributed by atoms with E-state index in [9.17, 15) is 48.6 Å². The highest BCUT2D eigenvalue weighted by Crippen LogP contribution is 2.12. The van der Waals surface area contributed by atoms with Gasteiger partial charge in [-0.1, -0.05) is 90.9 Å². The fourth-order valence-corrected chi connectivity index (χ4v) is 5.81. The first-order valence-electron chi connectivity index (χ1n) is 20.6. The number of carbonyl (C=O) groups is 8. The number of nitrogens with one attached hydrogen (secondary N) is 6. The zero-order valence-corrected chi connectivity index (χ0v) is 34.8. The number of carbonyl (C=O) groups excluding carboxylic acids is 8. The van der Waals surface area contributed by atoms with E-state index in [1.54, 1.807) is 0 Å². The predicted molar refractivity (Wildman–Crippen MR) is 216 cm³/mol. The van der Waals surface area contributed by atoms with Crippen molar-refractivity contribution in [2.24, 2.45) is 11.5 Å². The van der Waals surface area contributed by atoms with E-state index in [1.165, 1.54) is 58.1 Å². The first kappa shape index (κ1) is 53.4. The molecule has 0 rings (SSSR count). The molecule has 332 valence electrons. The molecule has 5 atom stereocenters. The van der Waals surface area contributed by atoms with Crippen molar-refractivity contribution >= 4 is 47.1 Å². The number of Topliss-reactive ketones (excluding diaryl/α,β-unsaturated/α-hetero) is 1. The molecule has 0 bridgehead atoms. The van der Waals surface area contributed by atoms with Crippen LogP contribution in [-0.2, 0) is 38.4 Å². The minimum Gasteiger partial charge on any atom is -0.398 e. The molecule has 0 saturated carbocycles. The Labute approximate surface area is 342 Å². The second kappa shape index (κ2) is 32.3. The molecule has 15 N–H and O–H groups in total. The number of rotatable bonds is 34. The van der Waals surface area contributed by atoms with Crippen LogP contribution in [0.2, 0.25) is 0 Å². The van der Waals surface area contributed by atoms with E-state index in [1.807, 2.05) is 6.92 Å². The number of hydrogen-bond donors (Lipinski definition) is 11. The lowest BCUT2D eigenvalue weighted by Gasteiger charge is -2.26. The number of primary amides is 1. The van der Waals surface area contributed by atoms with Crippen molar-refractivity contribution in [3.63, 3.8) is 0 Å². The Bertz CT molecular complexity index is 1330. The Morgan fingerprint density at radius 1 is 0.552 bits per heavy atom. The lowest BCUT2D eigenvalue weighted by atomic mass is 10.1. The topological polar surface area (TPSA) is 329 Å². The summed E-state index contributed by atoms with van der Waals surface area (Å²) in [5, 5.41) is 34.2. The van der Waals surface area contributed by atoms with Gasteiger partial charge in [-0.15, -0.1) is 0 Å². The third-order valence-electron chi connectivity index (χ3n) is 9.40. The SMILES string of the molecule is CCCCCCCCCCCCCC(=O)NCC(=O)N[C@@H](CO)C(=O)N[C@H](CCC(N)=O)C(=O)N[C@@H](C/C(N)=C/[NH3+])C(=O)N[C@@H](CO)C(=O)N[C@@H](CCCC)C(C)=O. The van der Waals surface area contributed by atoms with Gasteiger partial charge in [-0.25, -0.2) is 0 Å².